The molecule has 6 heteroatoms. The molecule has 1 aliphatic rings. The summed E-state index contributed by atoms with van der Waals surface area (Å²) in [6.45, 7) is 0. The molecular weight excluding hydrogens is 278 g/mol. The van der Waals surface area contributed by atoms with Crippen LogP contribution in [0.15, 0.2) is 18.2 Å². The Bertz CT molecular complexity index is 512. The second-order valence-corrected chi connectivity index (χ2v) is 5.87. The molecule has 2 rings (SSSR count). The minimum atomic E-state index is -1.09. The van der Waals surface area contributed by atoms with Gasteiger partial charge in [0.1, 0.15) is 5.75 Å². The van der Waals surface area contributed by atoms with Gasteiger partial charge in [-0.3, -0.25) is 4.79 Å². The molecule has 1 aromatic rings. The first-order valence-electron chi connectivity index (χ1n) is 6.45. The van der Waals surface area contributed by atoms with Crippen molar-refractivity contribution in [2.45, 2.75) is 24.5 Å². The first-order valence-corrected chi connectivity index (χ1v) is 7.50. The lowest BCUT2D eigenvalue weighted by atomic mass is 10.1. The molecule has 0 radical (unpaired) electrons. The van der Waals surface area contributed by atoms with Gasteiger partial charge in [0.05, 0.1) is 23.6 Å². The number of carbonyl (C=O) groups is 2. The Kier molecular flexibility index (Phi) is 4.89. The van der Waals surface area contributed by atoms with E-state index in [1.807, 2.05) is 0 Å². The maximum absolute atomic E-state index is 12.1. The molecule has 0 spiro atoms. The summed E-state index contributed by atoms with van der Waals surface area (Å²) in [6, 6.07) is 4.61. The van der Waals surface area contributed by atoms with Crippen LogP contribution in [0, 0.1) is 0 Å². The minimum Gasteiger partial charge on any atom is -0.497 e. The molecule has 0 aliphatic carbocycles. The fourth-order valence-electron chi connectivity index (χ4n) is 2.10. The van der Waals surface area contributed by atoms with Gasteiger partial charge in [-0.15, -0.1) is 11.8 Å². The second-order valence-electron chi connectivity index (χ2n) is 4.56. The number of carboxylic acid groups (broad SMARTS) is 1. The smallest absolute Gasteiger partial charge is 0.337 e. The Morgan fingerprint density at radius 2 is 2.20 bits per heavy atom. The van der Waals surface area contributed by atoms with Gasteiger partial charge in [-0.25, -0.2) is 4.79 Å². The lowest BCUT2D eigenvalue weighted by Gasteiger charge is -2.21. The summed E-state index contributed by atoms with van der Waals surface area (Å²) in [5.41, 5.74) is 0.355. The summed E-state index contributed by atoms with van der Waals surface area (Å²) < 4.78 is 5.00. The zero-order valence-electron chi connectivity index (χ0n) is 11.2. The van der Waals surface area contributed by atoms with Crippen molar-refractivity contribution in [2.24, 2.45) is 0 Å². The lowest BCUT2D eigenvalue weighted by Crippen LogP contribution is -2.28. The van der Waals surface area contributed by atoms with Crippen molar-refractivity contribution in [3.8, 4) is 5.75 Å². The molecule has 0 aromatic heterocycles. The molecule has 1 atom stereocenters. The first kappa shape index (κ1) is 14.7. The van der Waals surface area contributed by atoms with Crippen molar-refractivity contribution >= 4 is 29.3 Å². The number of thioether (sulfide) groups is 1. The Morgan fingerprint density at radius 3 is 2.80 bits per heavy atom. The molecule has 20 heavy (non-hydrogen) atoms. The number of amides is 1. The molecule has 0 bridgehead atoms. The van der Waals surface area contributed by atoms with E-state index in [9.17, 15) is 14.7 Å². The summed E-state index contributed by atoms with van der Waals surface area (Å²) in [4.78, 5) is 23.4. The van der Waals surface area contributed by atoms with E-state index >= 15 is 0 Å². The molecule has 0 saturated carbocycles. The third-order valence-corrected chi connectivity index (χ3v) is 4.56. The highest BCUT2D eigenvalue weighted by molar-refractivity contribution is 8.00. The van der Waals surface area contributed by atoms with Crippen LogP contribution in [0.4, 0.5) is 5.69 Å². The molecule has 1 saturated heterocycles. The average molecular weight is 295 g/mol. The van der Waals surface area contributed by atoms with Crippen LogP contribution >= 0.6 is 11.8 Å². The highest BCUT2D eigenvalue weighted by Crippen LogP contribution is 2.28. The minimum absolute atomic E-state index is 0.0403. The molecule has 108 valence electrons. The number of carboxylic acids is 1. The van der Waals surface area contributed by atoms with Crippen LogP contribution in [0.1, 0.15) is 29.6 Å². The molecule has 5 nitrogen and oxygen atoms in total. The number of hydrogen-bond acceptors (Lipinski definition) is 4. The number of methoxy groups -OCH3 is 1. The average Bonchev–Trinajstić information content (AvgIpc) is 2.48. The van der Waals surface area contributed by atoms with Gasteiger partial charge in [0, 0.05) is 0 Å². The Labute approximate surface area is 121 Å². The molecule has 1 aliphatic heterocycles. The van der Waals surface area contributed by atoms with Crippen molar-refractivity contribution in [3.63, 3.8) is 0 Å². The fourth-order valence-corrected chi connectivity index (χ4v) is 3.30. The van der Waals surface area contributed by atoms with Gasteiger partial charge in [-0.2, -0.15) is 0 Å². The standard InChI is InChI=1S/C14H17NO4S/c1-19-9-5-6-11(10(8-9)14(17)18)15-13(16)12-4-2-3-7-20-12/h5-6,8,12H,2-4,7H2,1H3,(H,15,16)(H,17,18). The molecule has 1 amide bonds. The summed E-state index contributed by atoms with van der Waals surface area (Å²) in [5, 5.41) is 11.8. The van der Waals surface area contributed by atoms with E-state index in [2.05, 4.69) is 5.32 Å². The van der Waals surface area contributed by atoms with Crippen LogP contribution in [0.2, 0.25) is 0 Å². The predicted octanol–water partition coefficient (Wildman–Crippen LogP) is 2.62. The van der Waals surface area contributed by atoms with Gasteiger partial charge in [0.25, 0.3) is 0 Å². The van der Waals surface area contributed by atoms with Crippen molar-refractivity contribution in [2.75, 3.05) is 18.2 Å². The monoisotopic (exact) mass is 295 g/mol. The summed E-state index contributed by atoms with van der Waals surface area (Å²) >= 11 is 1.63. The van der Waals surface area contributed by atoms with Gasteiger partial charge in [-0.1, -0.05) is 6.42 Å². The summed E-state index contributed by atoms with van der Waals surface area (Å²) in [7, 11) is 1.47. The Hall–Kier alpha value is -1.69. The van der Waals surface area contributed by atoms with Crippen molar-refractivity contribution in [3.05, 3.63) is 23.8 Å². The van der Waals surface area contributed by atoms with Crippen LogP contribution in [0.5, 0.6) is 5.75 Å². The molecule has 2 N–H and O–H groups in total. The normalized spacial score (nSPS) is 18.4. The zero-order valence-corrected chi connectivity index (χ0v) is 12.0. The molecule has 1 heterocycles. The number of rotatable bonds is 4. The maximum atomic E-state index is 12.1. The number of nitrogens with one attached hydrogen (secondary N) is 1. The van der Waals surface area contributed by atoms with Crippen LogP contribution in [-0.4, -0.2) is 35.1 Å². The predicted molar refractivity (Wildman–Crippen MR) is 78.7 cm³/mol. The van der Waals surface area contributed by atoms with E-state index in [-0.39, 0.29) is 16.7 Å². The largest absolute Gasteiger partial charge is 0.497 e. The van der Waals surface area contributed by atoms with E-state index in [0.717, 1.165) is 25.0 Å². The van der Waals surface area contributed by atoms with Crippen LogP contribution < -0.4 is 10.1 Å². The highest BCUT2D eigenvalue weighted by Gasteiger charge is 2.23. The van der Waals surface area contributed by atoms with Crippen LogP contribution in [0.25, 0.3) is 0 Å². The molecular formula is C14H17NO4S. The Morgan fingerprint density at radius 1 is 1.40 bits per heavy atom. The number of benzene rings is 1. The number of carbonyl (C=O) groups excluding carboxylic acids is 1. The Balaban J connectivity index is 2.15. The fraction of sp³-hybridized carbons (Fsp3) is 0.429. The SMILES string of the molecule is COc1ccc(NC(=O)C2CCCCS2)c(C(=O)O)c1. The van der Waals surface area contributed by atoms with E-state index in [4.69, 9.17) is 4.74 Å². The third-order valence-electron chi connectivity index (χ3n) is 3.19. The zero-order chi connectivity index (χ0) is 14.5. The number of aromatic carboxylic acids is 1. The lowest BCUT2D eigenvalue weighted by molar-refractivity contribution is -0.115. The van der Waals surface area contributed by atoms with E-state index in [1.54, 1.807) is 23.9 Å². The van der Waals surface area contributed by atoms with Gasteiger partial charge >= 0.3 is 5.97 Å². The molecule has 1 unspecified atom stereocenters. The van der Waals surface area contributed by atoms with E-state index in [1.165, 1.54) is 13.2 Å². The molecule has 1 fully saturated rings. The molecule has 1 aromatic carbocycles. The van der Waals surface area contributed by atoms with Crippen LogP contribution in [-0.2, 0) is 4.79 Å². The summed E-state index contributed by atoms with van der Waals surface area (Å²) in [6.07, 6.45) is 3.02. The quantitative estimate of drug-likeness (QED) is 0.893. The summed E-state index contributed by atoms with van der Waals surface area (Å²) in [5.74, 6) is 0.220. The van der Waals surface area contributed by atoms with E-state index in [0.29, 0.717) is 11.4 Å². The van der Waals surface area contributed by atoms with Gasteiger partial charge in [0.2, 0.25) is 5.91 Å². The van der Waals surface area contributed by atoms with E-state index < -0.39 is 5.97 Å². The second kappa shape index (κ2) is 6.65. The van der Waals surface area contributed by atoms with Gasteiger partial charge < -0.3 is 15.2 Å². The third kappa shape index (κ3) is 3.45. The van der Waals surface area contributed by atoms with Crippen molar-refractivity contribution < 1.29 is 19.4 Å². The first-order chi connectivity index (χ1) is 9.61. The van der Waals surface area contributed by atoms with Crippen molar-refractivity contribution in [1.82, 2.24) is 0 Å². The highest BCUT2D eigenvalue weighted by atomic mass is 32.2. The van der Waals surface area contributed by atoms with Crippen molar-refractivity contribution in [1.29, 1.82) is 0 Å². The topological polar surface area (TPSA) is 75.6 Å². The van der Waals surface area contributed by atoms with Crippen LogP contribution in [0.3, 0.4) is 0 Å². The number of hydrogen-bond donors (Lipinski definition) is 2. The maximum Gasteiger partial charge on any atom is 0.337 e. The van der Waals surface area contributed by atoms with Gasteiger partial charge in [-0.05, 0) is 36.8 Å². The van der Waals surface area contributed by atoms with Gasteiger partial charge in [0.15, 0.2) is 0 Å². The number of anilines is 1. The number of ether oxygens (including phenoxy) is 1.